The minimum Gasteiger partial charge on any atom is -0.511 e. The summed E-state index contributed by atoms with van der Waals surface area (Å²) < 4.78 is 5.80. The van der Waals surface area contributed by atoms with Gasteiger partial charge in [-0.1, -0.05) is 11.6 Å². The molecule has 3 atom stereocenters. The van der Waals surface area contributed by atoms with Crippen LogP contribution in [-0.4, -0.2) is 97.1 Å². The second-order valence-electron chi connectivity index (χ2n) is 7.15. The molecule has 0 radical (unpaired) electrons. The molecular weight excluding hydrogens is 306 g/mol. The maximum Gasteiger partial charge on any atom is 0.293 e. The number of likely N-dealkylation sites (tertiary alicyclic amines) is 1. The summed E-state index contributed by atoms with van der Waals surface area (Å²) in [4.78, 5) is 16.7. The molecule has 6 heteroatoms. The normalized spacial score (nSPS) is 31.1. The Kier molecular flexibility index (Phi) is 5.71. The van der Waals surface area contributed by atoms with Crippen LogP contribution in [-0.2, 0) is 4.74 Å². The van der Waals surface area contributed by atoms with E-state index in [-0.39, 0.29) is 23.8 Å². The van der Waals surface area contributed by atoms with Crippen LogP contribution in [0.3, 0.4) is 0 Å². The van der Waals surface area contributed by atoms with Crippen LogP contribution in [0.4, 0.5) is 0 Å². The zero-order valence-corrected chi connectivity index (χ0v) is 14.8. The number of likely N-dealkylation sites (N-methyl/N-ethyl adjacent to an activating group) is 1. The molecule has 2 fully saturated rings. The number of aliphatic hydroxyl groups is 1. The van der Waals surface area contributed by atoms with Crippen molar-refractivity contribution in [3.63, 3.8) is 0 Å². The van der Waals surface area contributed by atoms with Crippen molar-refractivity contribution in [3.8, 4) is 0 Å². The lowest BCUT2D eigenvalue weighted by molar-refractivity contribution is -0.0682. The van der Waals surface area contributed by atoms with Crippen molar-refractivity contribution in [3.05, 3.63) is 23.5 Å². The Morgan fingerprint density at radius 2 is 2.04 bits per heavy atom. The Labute approximate surface area is 144 Å². The Morgan fingerprint density at radius 3 is 2.71 bits per heavy atom. The van der Waals surface area contributed by atoms with E-state index in [9.17, 15) is 9.90 Å². The van der Waals surface area contributed by atoms with Gasteiger partial charge in [-0.3, -0.25) is 14.6 Å². The van der Waals surface area contributed by atoms with E-state index in [4.69, 9.17) is 4.74 Å². The minimum absolute atomic E-state index is 0.0577. The van der Waals surface area contributed by atoms with Gasteiger partial charge in [0.05, 0.1) is 0 Å². The largest absolute Gasteiger partial charge is 0.511 e. The quantitative estimate of drug-likeness (QED) is 0.592. The third-order valence-electron chi connectivity index (χ3n) is 5.69. The number of hydrogen-bond donors (Lipinski definition) is 1. The van der Waals surface area contributed by atoms with E-state index in [0.717, 1.165) is 58.5 Å². The zero-order chi connectivity index (χ0) is 17.1. The summed E-state index contributed by atoms with van der Waals surface area (Å²) in [5.74, 6) is 0.0916. The van der Waals surface area contributed by atoms with E-state index in [1.165, 1.54) is 5.57 Å². The standard InChI is InChI=1S/C18H29N3O3/c1-19-7-9-20(10-8-19)12-18(24-2)21-6-5-14-3-4-17(23)16(13-22)15(14)11-21/h3-4,13,15-16,18,23H,5-12H2,1-2H3/p+1. The number of piperidine rings is 1. The molecule has 0 aromatic heterocycles. The number of aliphatic hydroxyl groups excluding tert-OH is 1. The van der Waals surface area contributed by atoms with Crippen molar-refractivity contribution in [2.75, 3.05) is 60.0 Å². The fourth-order valence-corrected chi connectivity index (χ4v) is 4.01. The number of carbonyl (C=O) groups excluding carboxylic acids is 1. The molecular formula is C18H30N3O3+. The molecule has 2 heterocycles. The molecule has 0 aromatic carbocycles. The molecule has 2 N–H and O–H groups in total. The number of piperazine rings is 1. The zero-order valence-electron chi connectivity index (χ0n) is 14.8. The van der Waals surface area contributed by atoms with E-state index >= 15 is 0 Å². The number of aldehydes is 1. The molecule has 0 spiro atoms. The molecule has 3 unspecified atom stereocenters. The highest BCUT2D eigenvalue weighted by molar-refractivity contribution is 5.62. The van der Waals surface area contributed by atoms with Gasteiger partial charge in [-0.2, -0.15) is 0 Å². The van der Waals surface area contributed by atoms with E-state index in [0.29, 0.717) is 0 Å². The summed E-state index contributed by atoms with van der Waals surface area (Å²) >= 11 is 0. The average Bonchev–Trinajstić information content (AvgIpc) is 2.60. The van der Waals surface area contributed by atoms with Gasteiger partial charge in [0.2, 0.25) is 0 Å². The fraction of sp³-hybridized carbons (Fsp3) is 0.722. The van der Waals surface area contributed by atoms with Gasteiger partial charge in [-0.15, -0.1) is 0 Å². The molecule has 0 bridgehead atoms. The number of methoxy groups -OCH3 is 1. The summed E-state index contributed by atoms with van der Waals surface area (Å²) in [5, 5.41) is 10.0. The lowest BCUT2D eigenvalue weighted by atomic mass is 9.78. The number of ether oxygens (including phenoxy) is 1. The summed E-state index contributed by atoms with van der Waals surface area (Å²) in [6.07, 6.45) is 5.88. The van der Waals surface area contributed by atoms with Crippen LogP contribution in [0, 0.1) is 11.8 Å². The first kappa shape index (κ1) is 17.6. The Balaban J connectivity index is 1.63. The number of fused-ring (bicyclic) bond motifs is 1. The van der Waals surface area contributed by atoms with Gasteiger partial charge in [0, 0.05) is 58.8 Å². The van der Waals surface area contributed by atoms with Crippen molar-refractivity contribution in [2.24, 2.45) is 11.8 Å². The molecule has 2 saturated heterocycles. The summed E-state index contributed by atoms with van der Waals surface area (Å²) in [6.45, 7) is 7.04. The maximum absolute atomic E-state index is 10.0. The molecule has 24 heavy (non-hydrogen) atoms. The van der Waals surface area contributed by atoms with Crippen LogP contribution in [0.5, 0.6) is 0 Å². The number of allylic oxidation sites excluding steroid dienone is 3. The van der Waals surface area contributed by atoms with Crippen LogP contribution < -0.4 is 0 Å². The Hall–Kier alpha value is -1.21. The maximum atomic E-state index is 10.0. The second-order valence-corrected chi connectivity index (χ2v) is 7.15. The topological polar surface area (TPSA) is 60.6 Å². The third-order valence-corrected chi connectivity index (χ3v) is 5.69. The molecule has 1 aliphatic carbocycles. The summed E-state index contributed by atoms with van der Waals surface area (Å²) in [7, 11) is 3.94. The van der Waals surface area contributed by atoms with E-state index < -0.39 is 0 Å². The van der Waals surface area contributed by atoms with Crippen molar-refractivity contribution < 1.29 is 14.6 Å². The molecule has 3 aliphatic rings. The molecule has 0 amide bonds. The van der Waals surface area contributed by atoms with E-state index in [1.807, 2.05) is 6.08 Å². The van der Waals surface area contributed by atoms with Crippen LogP contribution >= 0.6 is 0 Å². The molecule has 2 aliphatic heterocycles. The van der Waals surface area contributed by atoms with Gasteiger partial charge in [-0.05, 0) is 19.5 Å². The predicted octanol–water partition coefficient (Wildman–Crippen LogP) is 0.701. The lowest BCUT2D eigenvalue weighted by Gasteiger charge is -2.43. The molecule has 0 aromatic rings. The van der Waals surface area contributed by atoms with Gasteiger partial charge in [-0.25, -0.2) is 0 Å². The van der Waals surface area contributed by atoms with Crippen LogP contribution in [0.15, 0.2) is 23.5 Å². The number of nitrogens with zero attached hydrogens (tertiary/aromatic N) is 3. The van der Waals surface area contributed by atoms with Gasteiger partial charge >= 0.3 is 0 Å². The highest BCUT2D eigenvalue weighted by atomic mass is 16.5. The molecule has 134 valence electrons. The van der Waals surface area contributed by atoms with Gasteiger partial charge in [0.15, 0.2) is 0 Å². The number of hydrogen-bond acceptors (Lipinski definition) is 5. The average molecular weight is 336 g/mol. The van der Waals surface area contributed by atoms with Crippen LogP contribution in [0.25, 0.3) is 0 Å². The first-order chi connectivity index (χ1) is 11.6. The number of rotatable bonds is 5. The van der Waals surface area contributed by atoms with Gasteiger partial charge in [0.25, 0.3) is 6.29 Å². The van der Waals surface area contributed by atoms with Crippen molar-refractivity contribution in [1.29, 1.82) is 0 Å². The monoisotopic (exact) mass is 336 g/mol. The van der Waals surface area contributed by atoms with E-state index in [2.05, 4.69) is 21.7 Å². The predicted molar refractivity (Wildman–Crippen MR) is 94.7 cm³/mol. The lowest BCUT2D eigenvalue weighted by Crippen LogP contribution is -2.54. The van der Waals surface area contributed by atoms with Crippen molar-refractivity contribution >= 4 is 6.29 Å². The van der Waals surface area contributed by atoms with Gasteiger partial charge in [0.1, 0.15) is 17.9 Å². The summed E-state index contributed by atoms with van der Waals surface area (Å²) in [6, 6.07) is 0. The minimum atomic E-state index is -0.297. The summed E-state index contributed by atoms with van der Waals surface area (Å²) in [5.41, 5.74) is 1.31. The van der Waals surface area contributed by atoms with Crippen LogP contribution in [0.2, 0.25) is 0 Å². The first-order valence-electron chi connectivity index (χ1n) is 8.87. The SMILES string of the molecule is COC(CN1CCN(C)CC1)N1CCC2=CC=C(O)C(C=[OH+])C2C1. The van der Waals surface area contributed by atoms with Gasteiger partial charge < -0.3 is 14.7 Å². The molecule has 3 rings (SSSR count). The third kappa shape index (κ3) is 3.72. The second kappa shape index (κ2) is 7.78. The van der Waals surface area contributed by atoms with E-state index in [1.54, 1.807) is 13.2 Å². The fourth-order valence-electron chi connectivity index (χ4n) is 4.01. The Bertz CT molecular complexity index is 512. The molecule has 0 saturated carbocycles. The highest BCUT2D eigenvalue weighted by Gasteiger charge is 2.38. The Morgan fingerprint density at radius 1 is 1.29 bits per heavy atom. The van der Waals surface area contributed by atoms with Crippen molar-refractivity contribution in [2.45, 2.75) is 12.6 Å². The highest BCUT2D eigenvalue weighted by Crippen LogP contribution is 2.35. The smallest absolute Gasteiger partial charge is 0.293 e. The first-order valence-corrected chi connectivity index (χ1v) is 8.87. The van der Waals surface area contributed by atoms with Crippen LogP contribution in [0.1, 0.15) is 6.42 Å². The molecule has 6 nitrogen and oxygen atoms in total. The van der Waals surface area contributed by atoms with Crippen molar-refractivity contribution in [1.82, 2.24) is 14.7 Å².